The number of hydrogen-bond acceptors (Lipinski definition) is 2. The highest BCUT2D eigenvalue weighted by Crippen LogP contribution is 2.31. The molecule has 4 aromatic rings. The first-order chi connectivity index (χ1) is 14.1. The molecule has 1 heterocycles. The van der Waals surface area contributed by atoms with Crippen molar-refractivity contribution >= 4 is 46.0 Å². The highest BCUT2D eigenvalue weighted by Gasteiger charge is 2.20. The summed E-state index contributed by atoms with van der Waals surface area (Å²) in [4.78, 5) is 28.7. The number of benzene rings is 3. The number of H-pyrrole nitrogens is 1. The summed E-state index contributed by atoms with van der Waals surface area (Å²) in [7, 11) is 0. The van der Waals surface area contributed by atoms with Crippen molar-refractivity contribution in [1.82, 2.24) is 4.98 Å². The summed E-state index contributed by atoms with van der Waals surface area (Å²) in [5.74, 6) is -0.535. The van der Waals surface area contributed by atoms with Crippen LogP contribution in [-0.4, -0.2) is 16.7 Å². The van der Waals surface area contributed by atoms with Crippen LogP contribution < -0.4 is 5.32 Å². The number of ketones is 1. The van der Waals surface area contributed by atoms with Crippen molar-refractivity contribution < 1.29 is 9.59 Å². The standard InChI is InChI=1S/C24H17ClN2O2/c25-18-12-13-19-20(15-18)26-23(24(29)17-9-5-2-6-10-17)22(19)27-21(28)14-11-16-7-3-1-4-8-16/h1-15,26H,(H,27,28). The van der Waals surface area contributed by atoms with E-state index in [0.29, 0.717) is 27.5 Å². The van der Waals surface area contributed by atoms with E-state index in [1.54, 1.807) is 48.5 Å². The molecule has 0 fully saturated rings. The van der Waals surface area contributed by atoms with Crippen LogP contribution in [0, 0.1) is 0 Å². The van der Waals surface area contributed by atoms with Gasteiger partial charge in [0.2, 0.25) is 11.7 Å². The van der Waals surface area contributed by atoms with Crippen LogP contribution >= 0.6 is 11.6 Å². The molecule has 0 unspecified atom stereocenters. The molecule has 0 aliphatic carbocycles. The summed E-state index contributed by atoms with van der Waals surface area (Å²) in [6.45, 7) is 0. The predicted molar refractivity (Wildman–Crippen MR) is 117 cm³/mol. The number of nitrogens with one attached hydrogen (secondary N) is 2. The summed E-state index contributed by atoms with van der Waals surface area (Å²) < 4.78 is 0. The highest BCUT2D eigenvalue weighted by molar-refractivity contribution is 6.31. The minimum atomic E-state index is -0.327. The van der Waals surface area contributed by atoms with Crippen molar-refractivity contribution in [1.29, 1.82) is 0 Å². The maximum absolute atomic E-state index is 13.0. The molecule has 1 amide bonds. The van der Waals surface area contributed by atoms with Gasteiger partial charge in [0.25, 0.3) is 0 Å². The number of hydrogen-bond donors (Lipinski definition) is 2. The number of carbonyl (C=O) groups excluding carboxylic acids is 2. The van der Waals surface area contributed by atoms with E-state index in [2.05, 4.69) is 10.3 Å². The Morgan fingerprint density at radius 1 is 0.897 bits per heavy atom. The Morgan fingerprint density at radius 2 is 1.59 bits per heavy atom. The normalized spacial score (nSPS) is 11.1. The Balaban J connectivity index is 1.71. The van der Waals surface area contributed by atoms with Gasteiger partial charge >= 0.3 is 0 Å². The number of aromatic amines is 1. The third-order valence-corrected chi connectivity index (χ3v) is 4.73. The minimum Gasteiger partial charge on any atom is -0.350 e. The van der Waals surface area contributed by atoms with E-state index >= 15 is 0 Å². The predicted octanol–water partition coefficient (Wildman–Crippen LogP) is 5.70. The van der Waals surface area contributed by atoms with Crippen LogP contribution in [0.4, 0.5) is 5.69 Å². The lowest BCUT2D eigenvalue weighted by Crippen LogP contribution is -2.12. The van der Waals surface area contributed by atoms with Gasteiger partial charge in [-0.1, -0.05) is 72.3 Å². The fourth-order valence-electron chi connectivity index (χ4n) is 3.10. The maximum Gasteiger partial charge on any atom is 0.248 e. The Bertz CT molecular complexity index is 1210. The van der Waals surface area contributed by atoms with Gasteiger partial charge in [0.05, 0.1) is 5.69 Å². The van der Waals surface area contributed by atoms with E-state index in [1.807, 2.05) is 36.4 Å². The number of rotatable bonds is 5. The van der Waals surface area contributed by atoms with Crippen molar-refractivity contribution in [2.75, 3.05) is 5.32 Å². The van der Waals surface area contributed by atoms with Crippen LogP contribution in [0.1, 0.15) is 21.6 Å². The van der Waals surface area contributed by atoms with Gasteiger partial charge in [-0.25, -0.2) is 0 Å². The molecule has 3 aromatic carbocycles. The molecular weight excluding hydrogens is 384 g/mol. The smallest absolute Gasteiger partial charge is 0.248 e. The van der Waals surface area contributed by atoms with E-state index in [9.17, 15) is 9.59 Å². The zero-order valence-corrected chi connectivity index (χ0v) is 16.1. The highest BCUT2D eigenvalue weighted by atomic mass is 35.5. The molecule has 0 aliphatic heterocycles. The molecule has 0 bridgehead atoms. The fraction of sp³-hybridized carbons (Fsp3) is 0. The average Bonchev–Trinajstić information content (AvgIpc) is 3.10. The van der Waals surface area contributed by atoms with Crippen LogP contribution in [-0.2, 0) is 4.79 Å². The molecule has 2 N–H and O–H groups in total. The molecule has 0 atom stereocenters. The van der Waals surface area contributed by atoms with Crippen molar-refractivity contribution in [3.63, 3.8) is 0 Å². The molecule has 0 saturated carbocycles. The molecule has 29 heavy (non-hydrogen) atoms. The second-order valence-corrected chi connectivity index (χ2v) is 6.93. The Hall–Kier alpha value is -3.63. The number of halogens is 1. The lowest BCUT2D eigenvalue weighted by Gasteiger charge is -2.05. The topological polar surface area (TPSA) is 62.0 Å². The summed E-state index contributed by atoms with van der Waals surface area (Å²) in [5.41, 5.74) is 2.87. The van der Waals surface area contributed by atoms with Gasteiger partial charge < -0.3 is 10.3 Å². The average molecular weight is 401 g/mol. The largest absolute Gasteiger partial charge is 0.350 e. The third-order valence-electron chi connectivity index (χ3n) is 4.50. The molecular formula is C24H17ClN2O2. The first kappa shape index (κ1) is 18.7. The van der Waals surface area contributed by atoms with Crippen molar-refractivity contribution in [3.8, 4) is 0 Å². The van der Waals surface area contributed by atoms with E-state index in [-0.39, 0.29) is 11.7 Å². The van der Waals surface area contributed by atoms with E-state index in [1.165, 1.54) is 6.08 Å². The molecule has 0 aliphatic rings. The second-order valence-electron chi connectivity index (χ2n) is 6.49. The second kappa shape index (κ2) is 8.17. The minimum absolute atomic E-state index is 0.208. The molecule has 4 nitrogen and oxygen atoms in total. The van der Waals surface area contributed by atoms with Crippen molar-refractivity contribution in [2.24, 2.45) is 0 Å². The maximum atomic E-state index is 13.0. The van der Waals surface area contributed by atoms with E-state index in [4.69, 9.17) is 11.6 Å². The summed E-state index contributed by atoms with van der Waals surface area (Å²) >= 11 is 6.10. The molecule has 0 spiro atoms. The van der Waals surface area contributed by atoms with Gasteiger partial charge in [-0.05, 0) is 29.8 Å². The Labute approximate surface area is 172 Å². The quantitative estimate of drug-likeness (QED) is 0.333. The molecule has 0 saturated heterocycles. The van der Waals surface area contributed by atoms with Gasteiger partial charge in [-0.2, -0.15) is 0 Å². The van der Waals surface area contributed by atoms with Crippen LogP contribution in [0.5, 0.6) is 0 Å². The van der Waals surface area contributed by atoms with E-state index < -0.39 is 0 Å². The number of aromatic nitrogens is 1. The van der Waals surface area contributed by atoms with Crippen molar-refractivity contribution in [2.45, 2.75) is 0 Å². The first-order valence-corrected chi connectivity index (χ1v) is 9.45. The Morgan fingerprint density at radius 3 is 2.31 bits per heavy atom. The fourth-order valence-corrected chi connectivity index (χ4v) is 3.28. The van der Waals surface area contributed by atoms with Crippen molar-refractivity contribution in [3.05, 3.63) is 107 Å². The third kappa shape index (κ3) is 4.13. The van der Waals surface area contributed by atoms with Crippen LogP contribution in [0.2, 0.25) is 5.02 Å². The monoisotopic (exact) mass is 400 g/mol. The zero-order valence-electron chi connectivity index (χ0n) is 15.4. The van der Waals surface area contributed by atoms with Crippen LogP contribution in [0.25, 0.3) is 17.0 Å². The number of anilines is 1. The molecule has 5 heteroatoms. The lowest BCUT2D eigenvalue weighted by atomic mass is 10.1. The molecule has 0 radical (unpaired) electrons. The van der Waals surface area contributed by atoms with Crippen LogP contribution in [0.15, 0.2) is 84.9 Å². The van der Waals surface area contributed by atoms with Gasteiger partial charge in [0, 0.05) is 27.6 Å². The first-order valence-electron chi connectivity index (χ1n) is 9.07. The number of amides is 1. The van der Waals surface area contributed by atoms with Gasteiger partial charge in [-0.3, -0.25) is 9.59 Å². The van der Waals surface area contributed by atoms with E-state index in [0.717, 1.165) is 10.9 Å². The summed E-state index contributed by atoms with van der Waals surface area (Å²) in [6.07, 6.45) is 3.17. The van der Waals surface area contributed by atoms with Gasteiger partial charge in [0.15, 0.2) is 0 Å². The lowest BCUT2D eigenvalue weighted by molar-refractivity contribution is -0.111. The molecule has 1 aromatic heterocycles. The summed E-state index contributed by atoms with van der Waals surface area (Å²) in [6, 6.07) is 23.7. The SMILES string of the molecule is O=C(C=Cc1ccccc1)Nc1c(C(=O)c2ccccc2)[nH]c2cc(Cl)ccc12. The summed E-state index contributed by atoms with van der Waals surface area (Å²) in [5, 5.41) is 4.11. The van der Waals surface area contributed by atoms with Gasteiger partial charge in [0.1, 0.15) is 5.69 Å². The zero-order chi connectivity index (χ0) is 20.2. The number of carbonyl (C=O) groups is 2. The molecule has 4 rings (SSSR count). The molecule has 142 valence electrons. The van der Waals surface area contributed by atoms with Gasteiger partial charge in [-0.15, -0.1) is 0 Å². The Kier molecular flexibility index (Phi) is 5.27. The number of fused-ring (bicyclic) bond motifs is 1. The van der Waals surface area contributed by atoms with Crippen LogP contribution in [0.3, 0.4) is 0 Å².